The Hall–Kier alpha value is -2.88. The van der Waals surface area contributed by atoms with Crippen LogP contribution < -0.4 is 19.5 Å². The molecule has 3 rings (SSSR count). The lowest BCUT2D eigenvalue weighted by atomic mass is 10.2. The molecular weight excluding hydrogens is 412 g/mol. The van der Waals surface area contributed by atoms with Crippen LogP contribution in [0.2, 0.25) is 0 Å². The zero-order valence-electron chi connectivity index (χ0n) is 15.6. The summed E-state index contributed by atoms with van der Waals surface area (Å²) in [6.07, 6.45) is 0.0179. The van der Waals surface area contributed by atoms with Crippen molar-refractivity contribution in [1.82, 2.24) is 4.72 Å². The molecule has 29 heavy (non-hydrogen) atoms. The normalized spacial score (nSPS) is 11.1. The van der Waals surface area contributed by atoms with E-state index in [1.54, 1.807) is 55.0 Å². The molecule has 0 aliphatic heterocycles. The molecule has 0 saturated heterocycles. The van der Waals surface area contributed by atoms with Crippen molar-refractivity contribution in [3.05, 3.63) is 66.0 Å². The molecule has 9 heteroatoms. The van der Waals surface area contributed by atoms with Crippen LogP contribution in [0.3, 0.4) is 0 Å². The number of carbonyl (C=O) groups excluding carboxylic acids is 1. The van der Waals surface area contributed by atoms with Gasteiger partial charge in [0.05, 0.1) is 7.11 Å². The molecule has 7 nitrogen and oxygen atoms in total. The zero-order chi connectivity index (χ0) is 20.7. The Morgan fingerprint density at radius 3 is 2.38 bits per heavy atom. The number of hydrogen-bond donors (Lipinski definition) is 2. The summed E-state index contributed by atoms with van der Waals surface area (Å²) >= 11 is 1.12. The Kier molecular flexibility index (Phi) is 6.86. The molecule has 152 valence electrons. The summed E-state index contributed by atoms with van der Waals surface area (Å²) in [6, 6.07) is 17.3. The van der Waals surface area contributed by atoms with Crippen molar-refractivity contribution in [3.8, 4) is 17.2 Å². The predicted molar refractivity (Wildman–Crippen MR) is 112 cm³/mol. The summed E-state index contributed by atoms with van der Waals surface area (Å²) in [5.41, 5.74) is 0.587. The van der Waals surface area contributed by atoms with Crippen molar-refractivity contribution < 1.29 is 22.7 Å². The minimum Gasteiger partial charge on any atom is -0.493 e. The van der Waals surface area contributed by atoms with E-state index in [1.165, 1.54) is 6.07 Å². The second-order valence-electron chi connectivity index (χ2n) is 5.91. The van der Waals surface area contributed by atoms with Gasteiger partial charge in [0, 0.05) is 18.7 Å². The van der Waals surface area contributed by atoms with Crippen LogP contribution in [-0.2, 0) is 14.8 Å². The lowest BCUT2D eigenvalue weighted by Gasteiger charge is -2.11. The standard InChI is InChI=1S/C20H20N2O5S2/c1-26-17-5-2-3-6-18(17)27-16-10-8-15(9-11-16)22-19(23)12-13-21-29(24,25)20-7-4-14-28-20/h2-11,14,21H,12-13H2,1H3,(H,22,23). The molecule has 1 amide bonds. The number of para-hydroxylation sites is 2. The number of nitrogens with one attached hydrogen (secondary N) is 2. The molecule has 0 saturated carbocycles. The molecule has 0 aliphatic carbocycles. The lowest BCUT2D eigenvalue weighted by Crippen LogP contribution is -2.27. The highest BCUT2D eigenvalue weighted by Gasteiger charge is 2.15. The molecule has 0 unspecified atom stereocenters. The number of thiophene rings is 1. The number of benzene rings is 2. The van der Waals surface area contributed by atoms with E-state index in [2.05, 4.69) is 10.0 Å². The van der Waals surface area contributed by atoms with Gasteiger partial charge in [-0.3, -0.25) is 4.79 Å². The number of amides is 1. The predicted octanol–water partition coefficient (Wildman–Crippen LogP) is 3.86. The molecule has 0 radical (unpaired) electrons. The third-order valence-electron chi connectivity index (χ3n) is 3.84. The first-order chi connectivity index (χ1) is 14.0. The van der Waals surface area contributed by atoms with Crippen LogP contribution >= 0.6 is 11.3 Å². The van der Waals surface area contributed by atoms with E-state index >= 15 is 0 Å². The zero-order valence-corrected chi connectivity index (χ0v) is 17.3. The number of ether oxygens (including phenoxy) is 2. The molecule has 1 heterocycles. The number of methoxy groups -OCH3 is 1. The smallest absolute Gasteiger partial charge is 0.250 e. The van der Waals surface area contributed by atoms with Gasteiger partial charge in [-0.25, -0.2) is 13.1 Å². The van der Waals surface area contributed by atoms with Crippen LogP contribution in [0.5, 0.6) is 17.2 Å². The Bertz CT molecular complexity index is 1050. The highest BCUT2D eigenvalue weighted by atomic mass is 32.2. The van der Waals surface area contributed by atoms with Gasteiger partial charge < -0.3 is 14.8 Å². The summed E-state index contributed by atoms with van der Waals surface area (Å²) in [4.78, 5) is 12.1. The quantitative estimate of drug-likeness (QED) is 0.536. The maximum Gasteiger partial charge on any atom is 0.250 e. The van der Waals surface area contributed by atoms with Gasteiger partial charge in [0.2, 0.25) is 15.9 Å². The van der Waals surface area contributed by atoms with Gasteiger partial charge in [-0.2, -0.15) is 0 Å². The molecule has 0 bridgehead atoms. The molecule has 0 fully saturated rings. The average molecular weight is 433 g/mol. The third-order valence-corrected chi connectivity index (χ3v) is 6.70. The second-order valence-corrected chi connectivity index (χ2v) is 8.85. The maximum atomic E-state index is 12.1. The van der Waals surface area contributed by atoms with E-state index in [9.17, 15) is 13.2 Å². The minimum atomic E-state index is -3.56. The first-order valence-electron chi connectivity index (χ1n) is 8.72. The van der Waals surface area contributed by atoms with Gasteiger partial charge >= 0.3 is 0 Å². The molecule has 0 spiro atoms. The Morgan fingerprint density at radius 2 is 1.72 bits per heavy atom. The minimum absolute atomic E-state index is 0.0149. The first-order valence-corrected chi connectivity index (χ1v) is 11.1. The van der Waals surface area contributed by atoms with Crippen LogP contribution in [0, 0.1) is 0 Å². The van der Waals surface area contributed by atoms with Crippen molar-refractivity contribution in [2.45, 2.75) is 10.6 Å². The molecule has 2 aromatic carbocycles. The fourth-order valence-electron chi connectivity index (χ4n) is 2.45. The topological polar surface area (TPSA) is 93.7 Å². The van der Waals surface area contributed by atoms with E-state index in [1.807, 2.05) is 12.1 Å². The van der Waals surface area contributed by atoms with Crippen molar-refractivity contribution in [2.75, 3.05) is 19.0 Å². The largest absolute Gasteiger partial charge is 0.493 e. The number of hydrogen-bond acceptors (Lipinski definition) is 6. The molecule has 0 aliphatic rings. The second kappa shape index (κ2) is 9.55. The van der Waals surface area contributed by atoms with Gasteiger partial charge in [-0.05, 0) is 47.8 Å². The summed E-state index contributed by atoms with van der Waals surface area (Å²) in [6.45, 7) is 0.0149. The molecular formula is C20H20N2O5S2. The summed E-state index contributed by atoms with van der Waals surface area (Å²) in [5, 5.41) is 4.41. The van der Waals surface area contributed by atoms with E-state index in [4.69, 9.17) is 9.47 Å². The first kappa shape index (κ1) is 20.8. The Morgan fingerprint density at radius 1 is 1.00 bits per heavy atom. The summed E-state index contributed by atoms with van der Waals surface area (Å²) in [7, 11) is -1.99. The van der Waals surface area contributed by atoms with Crippen LogP contribution in [0.4, 0.5) is 5.69 Å². The molecule has 3 aromatic rings. The highest BCUT2D eigenvalue weighted by molar-refractivity contribution is 7.91. The summed E-state index contributed by atoms with van der Waals surface area (Å²) < 4.78 is 37.7. The van der Waals surface area contributed by atoms with Crippen molar-refractivity contribution in [1.29, 1.82) is 0 Å². The molecule has 2 N–H and O–H groups in total. The van der Waals surface area contributed by atoms with E-state index < -0.39 is 10.0 Å². The van der Waals surface area contributed by atoms with Crippen LogP contribution in [0.25, 0.3) is 0 Å². The van der Waals surface area contributed by atoms with Crippen molar-refractivity contribution >= 4 is 33.0 Å². The lowest BCUT2D eigenvalue weighted by molar-refractivity contribution is -0.116. The van der Waals surface area contributed by atoms with Crippen LogP contribution in [0.15, 0.2) is 70.3 Å². The molecule has 1 aromatic heterocycles. The number of carbonyl (C=O) groups is 1. The third kappa shape index (κ3) is 5.80. The number of anilines is 1. The van der Waals surface area contributed by atoms with Gasteiger partial charge in [0.25, 0.3) is 0 Å². The Labute approximate surface area is 173 Å². The molecule has 0 atom stereocenters. The van der Waals surface area contributed by atoms with Crippen LogP contribution in [0.1, 0.15) is 6.42 Å². The monoisotopic (exact) mass is 432 g/mol. The maximum absolute atomic E-state index is 12.1. The van der Waals surface area contributed by atoms with E-state index in [0.717, 1.165) is 11.3 Å². The average Bonchev–Trinajstić information content (AvgIpc) is 3.26. The Balaban J connectivity index is 1.50. The van der Waals surface area contributed by atoms with Gasteiger partial charge in [0.15, 0.2) is 11.5 Å². The van der Waals surface area contributed by atoms with E-state index in [0.29, 0.717) is 22.9 Å². The van der Waals surface area contributed by atoms with Crippen molar-refractivity contribution in [3.63, 3.8) is 0 Å². The van der Waals surface area contributed by atoms with Gasteiger partial charge in [0.1, 0.15) is 9.96 Å². The fraction of sp³-hybridized carbons (Fsp3) is 0.150. The summed E-state index contributed by atoms with van der Waals surface area (Å²) in [5.74, 6) is 1.51. The van der Waals surface area contributed by atoms with Gasteiger partial charge in [-0.1, -0.05) is 18.2 Å². The van der Waals surface area contributed by atoms with Gasteiger partial charge in [-0.15, -0.1) is 11.3 Å². The SMILES string of the molecule is COc1ccccc1Oc1ccc(NC(=O)CCNS(=O)(=O)c2cccs2)cc1. The highest BCUT2D eigenvalue weighted by Crippen LogP contribution is 2.31. The van der Waals surface area contributed by atoms with E-state index in [-0.39, 0.29) is 23.1 Å². The fourth-order valence-corrected chi connectivity index (χ4v) is 4.52. The number of rotatable bonds is 9. The van der Waals surface area contributed by atoms with Crippen molar-refractivity contribution in [2.24, 2.45) is 0 Å². The number of sulfonamides is 1. The van der Waals surface area contributed by atoms with Crippen LogP contribution in [-0.4, -0.2) is 28.0 Å².